The van der Waals surface area contributed by atoms with E-state index in [9.17, 15) is 14.8 Å². The van der Waals surface area contributed by atoms with Gasteiger partial charge >= 0.3 is 7.82 Å². The molecule has 6 N–H and O–H groups in total. The largest absolute Gasteiger partial charge is 0.472 e. The van der Waals surface area contributed by atoms with Crippen LogP contribution in [0.1, 0.15) is 0 Å². The fraction of sp³-hybridized carbons (Fsp3) is 1.00. The number of ether oxygens (including phenoxy) is 1. The third-order valence-corrected chi connectivity index (χ3v) is 2.37. The Morgan fingerprint density at radius 2 is 1.87 bits per heavy atom. The summed E-state index contributed by atoms with van der Waals surface area (Å²) in [5.41, 5.74) is 0. The van der Waals surface area contributed by atoms with Gasteiger partial charge in [-0.15, -0.1) is 0 Å². The number of aliphatic hydroxyl groups excluding tert-OH is 3. The first-order valence-corrected chi connectivity index (χ1v) is 5.33. The summed E-state index contributed by atoms with van der Waals surface area (Å²) in [7, 11) is -5.07. The van der Waals surface area contributed by atoms with Crippen LogP contribution < -0.4 is 0 Å². The number of hydrogen-bond donors (Lipinski definition) is 6. The van der Waals surface area contributed by atoms with E-state index in [-0.39, 0.29) is 0 Å². The van der Waals surface area contributed by atoms with Crippen molar-refractivity contribution >= 4 is 7.82 Å². The predicted octanol–water partition coefficient (Wildman–Crippen LogP) is -3.15. The molecule has 1 aliphatic heterocycles. The molecule has 0 spiro atoms. The number of phosphoric acid groups is 1. The molecule has 0 aromatic heterocycles. The molecule has 0 bridgehead atoms. The molecule has 1 fully saturated rings. The van der Waals surface area contributed by atoms with Gasteiger partial charge in [0.05, 0.1) is 0 Å². The van der Waals surface area contributed by atoms with Gasteiger partial charge in [0.25, 0.3) is 0 Å². The van der Waals surface area contributed by atoms with Crippen LogP contribution in [0, 0.1) is 0 Å². The molecule has 0 amide bonds. The van der Waals surface area contributed by atoms with Gasteiger partial charge in [-0.05, 0) is 0 Å². The molecule has 1 rings (SSSR count). The minimum Gasteiger partial charge on any atom is -0.385 e. The molecule has 90 valence electrons. The van der Waals surface area contributed by atoms with Crippen molar-refractivity contribution in [2.75, 3.05) is 6.61 Å². The van der Waals surface area contributed by atoms with Crippen molar-refractivity contribution in [3.05, 3.63) is 0 Å². The summed E-state index contributed by atoms with van der Waals surface area (Å²) in [6.45, 7) is -0.891. The van der Waals surface area contributed by atoms with Gasteiger partial charge in [0.2, 0.25) is 5.79 Å². The predicted molar refractivity (Wildman–Crippen MR) is 42.1 cm³/mol. The SMILES string of the molecule is O=P(O)(O)O[C@]1(O)COC(O)[C@H](O)[C@@H]1O. The van der Waals surface area contributed by atoms with Gasteiger partial charge in [0, 0.05) is 0 Å². The monoisotopic (exact) mass is 246 g/mol. The fourth-order valence-corrected chi connectivity index (χ4v) is 1.67. The summed E-state index contributed by atoms with van der Waals surface area (Å²) in [5, 5.41) is 36.6. The lowest BCUT2D eigenvalue weighted by Gasteiger charge is -2.40. The van der Waals surface area contributed by atoms with E-state index in [1.165, 1.54) is 0 Å². The van der Waals surface area contributed by atoms with Crippen molar-refractivity contribution in [2.24, 2.45) is 0 Å². The second-order valence-corrected chi connectivity index (χ2v) is 4.23. The molecular weight excluding hydrogens is 235 g/mol. The van der Waals surface area contributed by atoms with E-state index < -0.39 is 38.7 Å². The van der Waals surface area contributed by atoms with Gasteiger partial charge in [-0.1, -0.05) is 0 Å². The Morgan fingerprint density at radius 1 is 1.33 bits per heavy atom. The Kier molecular flexibility index (Phi) is 3.51. The highest BCUT2D eigenvalue weighted by Gasteiger charge is 2.52. The van der Waals surface area contributed by atoms with Crippen molar-refractivity contribution in [3.8, 4) is 0 Å². The summed E-state index contributed by atoms with van der Waals surface area (Å²) in [4.78, 5) is 16.8. The molecule has 15 heavy (non-hydrogen) atoms. The van der Waals surface area contributed by atoms with Crippen LogP contribution in [-0.4, -0.2) is 61.1 Å². The van der Waals surface area contributed by atoms with Crippen molar-refractivity contribution in [3.63, 3.8) is 0 Å². The highest BCUT2D eigenvalue weighted by molar-refractivity contribution is 7.46. The standard InChI is InChI=1S/C5H11O9P/c6-2-3(7)5(9,1-13-4(2)8)14-15(10,11)12/h2-4,6-9H,1H2,(H2,10,11,12)/t2-,3+,4?,5-/m1/s1. The summed E-state index contributed by atoms with van der Waals surface area (Å²) in [5.74, 6) is -2.77. The molecule has 4 atom stereocenters. The fourth-order valence-electron chi connectivity index (χ4n) is 1.10. The summed E-state index contributed by atoms with van der Waals surface area (Å²) < 4.78 is 18.7. The average molecular weight is 246 g/mol. The molecule has 1 heterocycles. The van der Waals surface area contributed by atoms with Crippen LogP contribution in [0.5, 0.6) is 0 Å². The van der Waals surface area contributed by atoms with E-state index in [1.807, 2.05) is 0 Å². The van der Waals surface area contributed by atoms with E-state index in [4.69, 9.17) is 20.0 Å². The zero-order chi connectivity index (χ0) is 11.9. The summed E-state index contributed by atoms with van der Waals surface area (Å²) in [6.07, 6.45) is -5.80. The van der Waals surface area contributed by atoms with Gasteiger partial charge in [-0.3, -0.25) is 0 Å². The Balaban J connectivity index is 2.81. The van der Waals surface area contributed by atoms with Crippen LogP contribution in [0.2, 0.25) is 0 Å². The minimum atomic E-state index is -5.07. The first kappa shape index (κ1) is 13.0. The lowest BCUT2D eigenvalue weighted by atomic mass is 10.0. The quantitative estimate of drug-likeness (QED) is 0.218. The molecule has 0 aromatic rings. The smallest absolute Gasteiger partial charge is 0.385 e. The second kappa shape index (κ2) is 4.06. The van der Waals surface area contributed by atoms with Crippen molar-refractivity contribution < 1.29 is 44.0 Å². The van der Waals surface area contributed by atoms with Gasteiger partial charge in [-0.2, -0.15) is 0 Å². The molecule has 0 saturated carbocycles. The zero-order valence-corrected chi connectivity index (χ0v) is 8.19. The molecule has 0 aromatic carbocycles. The maximum Gasteiger partial charge on any atom is 0.472 e. The van der Waals surface area contributed by atoms with Crippen LogP contribution in [0.25, 0.3) is 0 Å². The third-order valence-electron chi connectivity index (χ3n) is 1.82. The highest BCUT2D eigenvalue weighted by atomic mass is 31.2. The van der Waals surface area contributed by atoms with Crippen LogP contribution in [0.4, 0.5) is 0 Å². The minimum absolute atomic E-state index is 0.891. The van der Waals surface area contributed by atoms with Crippen LogP contribution in [-0.2, 0) is 13.8 Å². The third kappa shape index (κ3) is 2.94. The van der Waals surface area contributed by atoms with Crippen molar-refractivity contribution in [1.29, 1.82) is 0 Å². The number of phosphoric ester groups is 1. The molecular formula is C5H11O9P. The first-order chi connectivity index (χ1) is 6.66. The molecule has 1 saturated heterocycles. The van der Waals surface area contributed by atoms with Crippen LogP contribution in [0.15, 0.2) is 0 Å². The average Bonchev–Trinajstić information content (AvgIpc) is 2.06. The Bertz CT molecular complexity index is 276. The maximum atomic E-state index is 10.4. The maximum absolute atomic E-state index is 10.4. The van der Waals surface area contributed by atoms with Gasteiger partial charge in [0.15, 0.2) is 6.29 Å². The molecule has 0 radical (unpaired) electrons. The molecule has 10 heteroatoms. The lowest BCUT2D eigenvalue weighted by molar-refractivity contribution is -0.339. The van der Waals surface area contributed by atoms with Gasteiger partial charge in [0.1, 0.15) is 18.8 Å². The number of hydrogen-bond acceptors (Lipinski definition) is 7. The number of aliphatic hydroxyl groups is 4. The zero-order valence-electron chi connectivity index (χ0n) is 7.29. The first-order valence-electron chi connectivity index (χ1n) is 3.80. The Labute approximate surface area is 83.7 Å². The second-order valence-electron chi connectivity index (χ2n) is 3.06. The Morgan fingerprint density at radius 3 is 2.33 bits per heavy atom. The molecule has 9 nitrogen and oxygen atoms in total. The van der Waals surface area contributed by atoms with Crippen LogP contribution in [0.3, 0.4) is 0 Å². The van der Waals surface area contributed by atoms with E-state index in [1.54, 1.807) is 0 Å². The summed E-state index contributed by atoms with van der Waals surface area (Å²) in [6, 6.07) is 0. The van der Waals surface area contributed by atoms with Crippen molar-refractivity contribution in [2.45, 2.75) is 24.3 Å². The number of rotatable bonds is 2. The molecule has 1 unspecified atom stereocenters. The highest BCUT2D eigenvalue weighted by Crippen LogP contribution is 2.43. The summed E-state index contributed by atoms with van der Waals surface area (Å²) >= 11 is 0. The van der Waals surface area contributed by atoms with E-state index in [0.29, 0.717) is 0 Å². The Hall–Kier alpha value is -0.0900. The topological polar surface area (TPSA) is 157 Å². The lowest BCUT2D eigenvalue weighted by Crippen LogP contribution is -2.62. The van der Waals surface area contributed by atoms with Gasteiger partial charge in [-0.25, -0.2) is 9.09 Å². The van der Waals surface area contributed by atoms with E-state index in [0.717, 1.165) is 0 Å². The van der Waals surface area contributed by atoms with E-state index >= 15 is 0 Å². The van der Waals surface area contributed by atoms with Gasteiger partial charge < -0.3 is 34.9 Å². The molecule has 1 aliphatic rings. The molecule has 0 aliphatic carbocycles. The normalized spacial score (nSPS) is 42.9. The van der Waals surface area contributed by atoms with Crippen molar-refractivity contribution in [1.82, 2.24) is 0 Å². The van der Waals surface area contributed by atoms with Crippen LogP contribution >= 0.6 is 7.82 Å². The van der Waals surface area contributed by atoms with E-state index in [2.05, 4.69) is 9.26 Å².